The van der Waals surface area contributed by atoms with Crippen LogP contribution >= 0.6 is 0 Å². The monoisotopic (exact) mass is 295 g/mol. The topological polar surface area (TPSA) is 35.6 Å². The molecule has 3 unspecified atom stereocenters. The Morgan fingerprint density at radius 1 is 1.05 bits per heavy atom. The molecule has 0 aliphatic carbocycles. The van der Waals surface area contributed by atoms with Crippen molar-refractivity contribution in [3.63, 3.8) is 0 Å². The van der Waals surface area contributed by atoms with E-state index in [1.54, 1.807) is 0 Å². The van der Waals surface area contributed by atoms with Crippen molar-refractivity contribution >= 4 is 5.91 Å². The first-order valence-corrected chi connectivity index (χ1v) is 8.72. The van der Waals surface area contributed by atoms with E-state index in [0.717, 1.165) is 6.54 Å². The van der Waals surface area contributed by atoms with E-state index in [0.29, 0.717) is 23.8 Å². The zero-order chi connectivity index (χ0) is 15.6. The molecule has 122 valence electrons. The number of rotatable bonds is 5. The molecule has 0 aromatic rings. The van der Waals surface area contributed by atoms with Crippen LogP contribution in [0.3, 0.4) is 0 Å². The van der Waals surface area contributed by atoms with E-state index in [1.807, 2.05) is 0 Å². The van der Waals surface area contributed by atoms with Crippen molar-refractivity contribution in [3.05, 3.63) is 0 Å². The molecule has 0 bridgehead atoms. The van der Waals surface area contributed by atoms with Crippen LogP contribution in [0.2, 0.25) is 0 Å². The van der Waals surface area contributed by atoms with Crippen LogP contribution in [0.5, 0.6) is 0 Å². The third kappa shape index (κ3) is 3.78. The molecule has 4 heteroatoms. The lowest BCUT2D eigenvalue weighted by Crippen LogP contribution is -2.51. The number of nitrogens with one attached hydrogen (secondary N) is 1. The van der Waals surface area contributed by atoms with Gasteiger partial charge in [-0.2, -0.15) is 0 Å². The standard InChI is InChI=1S/C17H33N3O/c1-12(2)15-17(21)20(16(18-15)13(3)4)14(5)11-19-9-7-6-8-10-19/h12-16,18H,6-11H2,1-5H3. The molecule has 0 aromatic carbocycles. The lowest BCUT2D eigenvalue weighted by molar-refractivity contribution is -0.133. The van der Waals surface area contributed by atoms with Crippen molar-refractivity contribution in [2.75, 3.05) is 19.6 Å². The van der Waals surface area contributed by atoms with Gasteiger partial charge in [0.1, 0.15) is 0 Å². The number of amides is 1. The third-order valence-corrected chi connectivity index (χ3v) is 4.91. The van der Waals surface area contributed by atoms with Gasteiger partial charge in [-0.25, -0.2) is 0 Å². The fourth-order valence-electron chi connectivity index (χ4n) is 3.72. The Bertz CT molecular complexity index is 350. The normalized spacial score (nSPS) is 29.7. The Morgan fingerprint density at radius 3 is 2.19 bits per heavy atom. The maximum Gasteiger partial charge on any atom is 0.241 e. The molecule has 2 fully saturated rings. The highest BCUT2D eigenvalue weighted by Crippen LogP contribution is 2.24. The first-order chi connectivity index (χ1) is 9.91. The summed E-state index contributed by atoms with van der Waals surface area (Å²) in [6, 6.07) is 0.278. The molecule has 0 aromatic heterocycles. The Kier molecular flexibility index (Phi) is 5.67. The summed E-state index contributed by atoms with van der Waals surface area (Å²) < 4.78 is 0. The van der Waals surface area contributed by atoms with Gasteiger partial charge in [-0.05, 0) is 44.7 Å². The van der Waals surface area contributed by atoms with Gasteiger partial charge >= 0.3 is 0 Å². The fourth-order valence-corrected chi connectivity index (χ4v) is 3.72. The predicted octanol–water partition coefficient (Wildman–Crippen LogP) is 2.30. The molecule has 2 aliphatic heterocycles. The summed E-state index contributed by atoms with van der Waals surface area (Å²) in [7, 11) is 0. The maximum absolute atomic E-state index is 12.8. The number of likely N-dealkylation sites (tertiary alicyclic amines) is 1. The number of carbonyl (C=O) groups excluding carboxylic acids is 1. The van der Waals surface area contributed by atoms with Gasteiger partial charge in [0.05, 0.1) is 12.2 Å². The van der Waals surface area contributed by atoms with Gasteiger partial charge in [0, 0.05) is 12.6 Å². The van der Waals surface area contributed by atoms with Gasteiger partial charge in [-0.1, -0.05) is 34.1 Å². The van der Waals surface area contributed by atoms with Crippen LogP contribution < -0.4 is 5.32 Å². The fraction of sp³-hybridized carbons (Fsp3) is 0.941. The second-order valence-corrected chi connectivity index (χ2v) is 7.53. The predicted molar refractivity (Wildman–Crippen MR) is 87.0 cm³/mol. The van der Waals surface area contributed by atoms with Gasteiger partial charge in [0.15, 0.2) is 0 Å². The molecule has 0 saturated carbocycles. The van der Waals surface area contributed by atoms with E-state index in [-0.39, 0.29) is 12.2 Å². The Balaban J connectivity index is 2.04. The molecule has 0 spiro atoms. The highest BCUT2D eigenvalue weighted by atomic mass is 16.2. The summed E-state index contributed by atoms with van der Waals surface area (Å²) in [6.45, 7) is 14.3. The first-order valence-electron chi connectivity index (χ1n) is 8.72. The molecule has 1 amide bonds. The van der Waals surface area contributed by atoms with Crippen LogP contribution in [-0.4, -0.2) is 53.6 Å². The van der Waals surface area contributed by atoms with Crippen molar-refractivity contribution < 1.29 is 4.79 Å². The molecule has 2 aliphatic rings. The summed E-state index contributed by atoms with van der Waals surface area (Å²) >= 11 is 0. The van der Waals surface area contributed by atoms with E-state index in [2.05, 4.69) is 49.7 Å². The van der Waals surface area contributed by atoms with Crippen LogP contribution in [0.1, 0.15) is 53.9 Å². The molecule has 0 radical (unpaired) electrons. The Morgan fingerprint density at radius 2 is 1.67 bits per heavy atom. The van der Waals surface area contributed by atoms with Crippen LogP contribution in [0, 0.1) is 11.8 Å². The first kappa shape index (κ1) is 16.8. The minimum absolute atomic E-state index is 0.0128. The summed E-state index contributed by atoms with van der Waals surface area (Å²) in [6.07, 6.45) is 4.16. The maximum atomic E-state index is 12.8. The van der Waals surface area contributed by atoms with E-state index >= 15 is 0 Å². The Hall–Kier alpha value is -0.610. The lowest BCUT2D eigenvalue weighted by atomic mass is 10.0. The molecular formula is C17H33N3O. The third-order valence-electron chi connectivity index (χ3n) is 4.91. The molecular weight excluding hydrogens is 262 g/mol. The largest absolute Gasteiger partial charge is 0.322 e. The number of hydrogen-bond acceptors (Lipinski definition) is 3. The molecule has 2 heterocycles. The van der Waals surface area contributed by atoms with Crippen molar-refractivity contribution in [2.45, 2.75) is 72.1 Å². The SMILES string of the molecule is CC(C)C1NC(C(C)C)N(C(C)CN2CCCCC2)C1=O. The van der Waals surface area contributed by atoms with E-state index < -0.39 is 0 Å². The molecule has 2 rings (SSSR count). The molecule has 1 N–H and O–H groups in total. The van der Waals surface area contributed by atoms with Gasteiger partial charge in [0.25, 0.3) is 0 Å². The van der Waals surface area contributed by atoms with E-state index in [1.165, 1.54) is 32.4 Å². The summed E-state index contributed by atoms with van der Waals surface area (Å²) in [5.41, 5.74) is 0. The van der Waals surface area contributed by atoms with Gasteiger partial charge in [0.2, 0.25) is 5.91 Å². The molecule has 3 atom stereocenters. The van der Waals surface area contributed by atoms with Crippen molar-refractivity contribution in [3.8, 4) is 0 Å². The minimum atomic E-state index is -0.0128. The summed E-state index contributed by atoms with van der Waals surface area (Å²) in [5.74, 6) is 1.10. The smallest absolute Gasteiger partial charge is 0.241 e. The quantitative estimate of drug-likeness (QED) is 0.845. The van der Waals surface area contributed by atoms with Crippen molar-refractivity contribution in [1.29, 1.82) is 0 Å². The van der Waals surface area contributed by atoms with Crippen molar-refractivity contribution in [2.24, 2.45) is 11.8 Å². The van der Waals surface area contributed by atoms with Gasteiger partial charge in [-0.15, -0.1) is 0 Å². The second kappa shape index (κ2) is 7.10. The Labute approximate surface area is 130 Å². The van der Waals surface area contributed by atoms with Gasteiger partial charge in [-0.3, -0.25) is 10.1 Å². The highest BCUT2D eigenvalue weighted by Gasteiger charge is 2.43. The average molecular weight is 295 g/mol. The lowest BCUT2D eigenvalue weighted by Gasteiger charge is -2.37. The van der Waals surface area contributed by atoms with Crippen LogP contribution in [0.25, 0.3) is 0 Å². The number of carbonyl (C=O) groups is 1. The van der Waals surface area contributed by atoms with Crippen molar-refractivity contribution in [1.82, 2.24) is 15.1 Å². The summed E-state index contributed by atoms with van der Waals surface area (Å²) in [4.78, 5) is 17.4. The van der Waals surface area contributed by atoms with E-state index in [9.17, 15) is 4.79 Å². The zero-order valence-corrected chi connectivity index (χ0v) is 14.4. The summed E-state index contributed by atoms with van der Waals surface area (Å²) in [5, 5.41) is 3.57. The highest BCUT2D eigenvalue weighted by molar-refractivity contribution is 5.85. The molecule has 4 nitrogen and oxygen atoms in total. The zero-order valence-electron chi connectivity index (χ0n) is 14.4. The number of nitrogens with zero attached hydrogens (tertiary/aromatic N) is 2. The minimum Gasteiger partial charge on any atom is -0.322 e. The molecule has 2 saturated heterocycles. The molecule has 21 heavy (non-hydrogen) atoms. The van der Waals surface area contributed by atoms with Crippen LogP contribution in [0.15, 0.2) is 0 Å². The second-order valence-electron chi connectivity index (χ2n) is 7.53. The number of hydrogen-bond donors (Lipinski definition) is 1. The van der Waals surface area contributed by atoms with Gasteiger partial charge < -0.3 is 9.80 Å². The average Bonchev–Trinajstić information content (AvgIpc) is 2.78. The number of piperidine rings is 1. The van der Waals surface area contributed by atoms with Crippen LogP contribution in [-0.2, 0) is 4.79 Å². The van der Waals surface area contributed by atoms with Crippen LogP contribution in [0.4, 0.5) is 0 Å². The van der Waals surface area contributed by atoms with E-state index in [4.69, 9.17) is 0 Å².